The number of aromatic nitrogens is 2. The van der Waals surface area contributed by atoms with Gasteiger partial charge in [0, 0.05) is 26.8 Å². The molecule has 0 aliphatic carbocycles. The smallest absolute Gasteiger partial charge is 0.410 e. The lowest BCUT2D eigenvalue weighted by Gasteiger charge is -2.18. The average molecular weight is 428 g/mol. The van der Waals surface area contributed by atoms with Crippen molar-refractivity contribution in [1.82, 2.24) is 14.9 Å². The first-order valence-corrected chi connectivity index (χ1v) is 10.1. The quantitative estimate of drug-likeness (QED) is 0.507. The van der Waals surface area contributed by atoms with E-state index in [-0.39, 0.29) is 18.7 Å². The predicted octanol–water partition coefficient (Wildman–Crippen LogP) is 2.98. The second-order valence-electron chi connectivity index (χ2n) is 7.12. The molecule has 2 aromatic rings. The van der Waals surface area contributed by atoms with Crippen LogP contribution in [0.15, 0.2) is 40.6 Å². The predicted molar refractivity (Wildman–Crippen MR) is 115 cm³/mol. The summed E-state index contributed by atoms with van der Waals surface area (Å²) in [5.41, 5.74) is 2.25. The van der Waals surface area contributed by atoms with Crippen LogP contribution in [0.3, 0.4) is 0 Å². The number of anilines is 1. The summed E-state index contributed by atoms with van der Waals surface area (Å²) in [7, 11) is 3.55. The van der Waals surface area contributed by atoms with Crippen molar-refractivity contribution in [1.29, 1.82) is 0 Å². The Morgan fingerprint density at radius 1 is 1.26 bits per heavy atom. The van der Waals surface area contributed by atoms with E-state index in [1.54, 1.807) is 18.1 Å². The molecule has 0 spiro atoms. The number of cyclic esters (lactones) is 1. The number of ether oxygens (including phenoxy) is 3. The fraction of sp³-hybridized carbons (Fsp3) is 0.476. The second-order valence-corrected chi connectivity index (χ2v) is 7.12. The van der Waals surface area contributed by atoms with Crippen molar-refractivity contribution in [2.75, 3.05) is 58.5 Å². The van der Waals surface area contributed by atoms with Crippen molar-refractivity contribution in [2.24, 2.45) is 10.2 Å². The minimum absolute atomic E-state index is 0.179. The van der Waals surface area contributed by atoms with E-state index >= 15 is 0 Å². The van der Waals surface area contributed by atoms with E-state index in [1.165, 1.54) is 5.56 Å². The summed E-state index contributed by atoms with van der Waals surface area (Å²) in [6.45, 7) is 5.30. The van der Waals surface area contributed by atoms with Crippen molar-refractivity contribution < 1.29 is 19.0 Å². The first-order chi connectivity index (χ1) is 15.0. The molecule has 0 saturated carbocycles. The number of hydrogen-bond donors (Lipinski definition) is 0. The van der Waals surface area contributed by atoms with Crippen LogP contribution >= 0.6 is 0 Å². The Balaban J connectivity index is 1.69. The third-order valence-corrected chi connectivity index (χ3v) is 4.65. The number of carbonyl (C=O) groups is 1. The van der Waals surface area contributed by atoms with Crippen molar-refractivity contribution in [2.45, 2.75) is 13.5 Å². The molecular weight excluding hydrogens is 400 g/mol. The molecule has 1 fully saturated rings. The zero-order valence-corrected chi connectivity index (χ0v) is 18.2. The van der Waals surface area contributed by atoms with E-state index in [2.05, 4.69) is 26.3 Å². The Labute approximate surface area is 181 Å². The van der Waals surface area contributed by atoms with Gasteiger partial charge >= 0.3 is 12.1 Å². The highest BCUT2D eigenvalue weighted by Crippen LogP contribution is 2.21. The molecule has 1 amide bonds. The molecule has 0 N–H and O–H groups in total. The molecule has 2 heterocycles. The number of benzene rings is 1. The zero-order chi connectivity index (χ0) is 22.1. The molecular formula is C21H28N6O4. The fourth-order valence-corrected chi connectivity index (χ4v) is 2.93. The van der Waals surface area contributed by atoms with Crippen LogP contribution in [-0.4, -0.2) is 74.6 Å². The molecule has 31 heavy (non-hydrogen) atoms. The standard InChI is InChI=1S/C21H28N6O4/c1-16-5-4-6-17(13-16)15-22-25-18-14-19(26(2)7-10-29-3)24-20(23-18)30-11-8-27-9-12-31-21(27)28/h4-6,13-14H,7-12,15H2,1-3H3. The van der Waals surface area contributed by atoms with E-state index in [1.807, 2.05) is 37.1 Å². The van der Waals surface area contributed by atoms with Crippen molar-refractivity contribution in [3.8, 4) is 6.01 Å². The summed E-state index contributed by atoms with van der Waals surface area (Å²) in [4.78, 5) is 23.8. The molecule has 10 heteroatoms. The second kappa shape index (κ2) is 11.2. The highest BCUT2D eigenvalue weighted by Gasteiger charge is 2.21. The van der Waals surface area contributed by atoms with Gasteiger partial charge in [0.15, 0.2) is 5.82 Å². The highest BCUT2D eigenvalue weighted by atomic mass is 16.6. The molecule has 1 aromatic heterocycles. The van der Waals surface area contributed by atoms with Crippen LogP contribution in [-0.2, 0) is 16.0 Å². The highest BCUT2D eigenvalue weighted by molar-refractivity contribution is 5.69. The molecule has 1 aliphatic rings. The van der Waals surface area contributed by atoms with E-state index < -0.39 is 0 Å². The van der Waals surface area contributed by atoms with Gasteiger partial charge in [0.05, 0.1) is 26.2 Å². The van der Waals surface area contributed by atoms with Gasteiger partial charge in [-0.15, -0.1) is 5.11 Å². The maximum Gasteiger partial charge on any atom is 0.410 e. The van der Waals surface area contributed by atoms with E-state index in [0.717, 1.165) is 5.56 Å². The summed E-state index contributed by atoms with van der Waals surface area (Å²) in [6.07, 6.45) is -0.330. The van der Waals surface area contributed by atoms with E-state index in [9.17, 15) is 4.79 Å². The Hall–Kier alpha value is -3.27. The van der Waals surface area contributed by atoms with Crippen molar-refractivity contribution in [3.05, 3.63) is 41.5 Å². The Bertz CT molecular complexity index is 907. The molecule has 0 unspecified atom stereocenters. The molecule has 166 valence electrons. The number of rotatable bonds is 11. The van der Waals surface area contributed by atoms with Gasteiger partial charge in [-0.25, -0.2) is 4.79 Å². The minimum atomic E-state index is -0.330. The first-order valence-electron chi connectivity index (χ1n) is 10.1. The van der Waals surface area contributed by atoms with Crippen molar-refractivity contribution in [3.63, 3.8) is 0 Å². The largest absolute Gasteiger partial charge is 0.461 e. The van der Waals surface area contributed by atoms with Gasteiger partial charge < -0.3 is 24.0 Å². The Morgan fingerprint density at radius 3 is 2.87 bits per heavy atom. The number of nitrogens with zero attached hydrogens (tertiary/aromatic N) is 6. The van der Waals surface area contributed by atoms with Gasteiger partial charge in [0.2, 0.25) is 0 Å². The number of aryl methyl sites for hydroxylation is 1. The maximum absolute atomic E-state index is 11.5. The zero-order valence-electron chi connectivity index (χ0n) is 18.2. The Morgan fingerprint density at radius 2 is 2.13 bits per heavy atom. The summed E-state index contributed by atoms with van der Waals surface area (Å²) < 4.78 is 15.8. The molecule has 1 aliphatic heterocycles. The number of likely N-dealkylation sites (N-methyl/N-ethyl adjacent to an activating group) is 1. The average Bonchev–Trinajstić information content (AvgIpc) is 3.16. The third kappa shape index (κ3) is 6.88. The lowest BCUT2D eigenvalue weighted by atomic mass is 10.1. The number of azo groups is 1. The van der Waals surface area contributed by atoms with Crippen LogP contribution in [0, 0.1) is 6.92 Å². The Kier molecular flexibility index (Phi) is 8.11. The van der Waals surface area contributed by atoms with Gasteiger partial charge in [0.25, 0.3) is 0 Å². The topological polar surface area (TPSA) is 102 Å². The van der Waals surface area contributed by atoms with Gasteiger partial charge in [-0.05, 0) is 12.5 Å². The van der Waals surface area contributed by atoms with Crippen LogP contribution in [0.5, 0.6) is 6.01 Å². The van der Waals surface area contributed by atoms with Crippen LogP contribution in [0.1, 0.15) is 11.1 Å². The van der Waals surface area contributed by atoms with Crippen LogP contribution in [0.4, 0.5) is 16.4 Å². The molecule has 1 aromatic carbocycles. The SMILES string of the molecule is COCCN(C)c1cc(N=NCc2cccc(C)c2)nc(OCCN2CCOC2=O)n1. The van der Waals surface area contributed by atoms with E-state index in [0.29, 0.717) is 51.0 Å². The normalized spacial score (nSPS) is 13.6. The van der Waals surface area contributed by atoms with Gasteiger partial charge in [0.1, 0.15) is 19.0 Å². The van der Waals surface area contributed by atoms with Crippen LogP contribution in [0.2, 0.25) is 0 Å². The lowest BCUT2D eigenvalue weighted by Crippen LogP contribution is -2.29. The van der Waals surface area contributed by atoms with Crippen LogP contribution < -0.4 is 9.64 Å². The molecule has 0 radical (unpaired) electrons. The summed E-state index contributed by atoms with van der Waals surface area (Å²) in [5, 5.41) is 8.54. The fourth-order valence-electron chi connectivity index (χ4n) is 2.93. The number of methoxy groups -OCH3 is 1. The summed E-state index contributed by atoms with van der Waals surface area (Å²) in [6, 6.07) is 10.0. The molecule has 0 atom stereocenters. The molecule has 10 nitrogen and oxygen atoms in total. The minimum Gasteiger partial charge on any atom is -0.461 e. The summed E-state index contributed by atoms with van der Waals surface area (Å²) >= 11 is 0. The van der Waals surface area contributed by atoms with Crippen molar-refractivity contribution >= 4 is 17.7 Å². The number of hydrogen-bond acceptors (Lipinski definition) is 9. The van der Waals surface area contributed by atoms with E-state index in [4.69, 9.17) is 14.2 Å². The van der Waals surface area contributed by atoms with Crippen LogP contribution in [0.25, 0.3) is 0 Å². The summed E-state index contributed by atoms with van der Waals surface area (Å²) in [5.74, 6) is 1.05. The van der Waals surface area contributed by atoms with Gasteiger partial charge in [-0.3, -0.25) is 0 Å². The molecule has 3 rings (SSSR count). The first kappa shape index (κ1) is 22.4. The number of amides is 1. The third-order valence-electron chi connectivity index (χ3n) is 4.65. The monoisotopic (exact) mass is 428 g/mol. The molecule has 0 bridgehead atoms. The maximum atomic E-state index is 11.5. The lowest BCUT2D eigenvalue weighted by molar-refractivity contribution is 0.152. The molecule has 1 saturated heterocycles. The van der Waals surface area contributed by atoms with Gasteiger partial charge in [-0.2, -0.15) is 15.1 Å². The number of carbonyl (C=O) groups excluding carboxylic acids is 1. The van der Waals surface area contributed by atoms with Gasteiger partial charge in [-0.1, -0.05) is 29.8 Å².